The molecule has 3 rings (SSSR count). The molecule has 0 radical (unpaired) electrons. The van der Waals surface area contributed by atoms with E-state index in [0.717, 1.165) is 22.3 Å². The minimum Gasteiger partial charge on any atom is -0.497 e. The summed E-state index contributed by atoms with van der Waals surface area (Å²) in [7, 11) is -0.286. The van der Waals surface area contributed by atoms with E-state index in [1.807, 2.05) is 30.3 Å². The zero-order valence-corrected chi connectivity index (χ0v) is 21.6. The molecule has 0 unspecified atom stereocenters. The Bertz CT molecular complexity index is 1070. The van der Waals surface area contributed by atoms with Gasteiger partial charge in [0, 0.05) is 18.0 Å². The van der Waals surface area contributed by atoms with E-state index >= 15 is 0 Å². The summed E-state index contributed by atoms with van der Waals surface area (Å²) in [6.07, 6.45) is 0. The number of halogens is 2. The third kappa shape index (κ3) is 5.64. The van der Waals surface area contributed by atoms with Crippen molar-refractivity contribution in [2.75, 3.05) is 12.4 Å². The molecule has 31 heavy (non-hydrogen) atoms. The van der Waals surface area contributed by atoms with E-state index in [-0.39, 0.29) is 10.9 Å². The first-order chi connectivity index (χ1) is 14.5. The molecule has 0 saturated carbocycles. The molecule has 0 spiro atoms. The molecule has 0 aliphatic carbocycles. The molecule has 0 amide bonds. The van der Waals surface area contributed by atoms with Crippen LogP contribution in [0.2, 0.25) is 18.1 Å². The summed E-state index contributed by atoms with van der Waals surface area (Å²) < 4.78 is 26.3. The minimum absolute atomic E-state index is 0.109. The van der Waals surface area contributed by atoms with Crippen LogP contribution < -0.4 is 10.1 Å². The average molecular weight is 506 g/mol. The summed E-state index contributed by atoms with van der Waals surface area (Å²) in [4.78, 5) is 4.64. The van der Waals surface area contributed by atoms with Crippen molar-refractivity contribution in [3.05, 3.63) is 63.9 Å². The second kappa shape index (κ2) is 9.26. The Labute approximate surface area is 193 Å². The van der Waals surface area contributed by atoms with Gasteiger partial charge in [-0.15, -0.1) is 0 Å². The van der Waals surface area contributed by atoms with E-state index in [2.05, 4.69) is 60.1 Å². The van der Waals surface area contributed by atoms with Crippen molar-refractivity contribution in [1.82, 2.24) is 4.98 Å². The van der Waals surface area contributed by atoms with Crippen molar-refractivity contribution in [2.45, 2.75) is 52.1 Å². The van der Waals surface area contributed by atoms with Crippen molar-refractivity contribution in [1.29, 1.82) is 0 Å². The van der Waals surface area contributed by atoms with Crippen molar-refractivity contribution in [3.8, 4) is 5.75 Å². The highest BCUT2D eigenvalue weighted by Gasteiger charge is 2.37. The second-order valence-corrected chi connectivity index (χ2v) is 14.9. The van der Waals surface area contributed by atoms with Crippen LogP contribution in [0.25, 0.3) is 10.9 Å². The number of methoxy groups -OCH3 is 1. The van der Waals surface area contributed by atoms with E-state index in [1.165, 1.54) is 6.07 Å². The molecule has 0 atom stereocenters. The van der Waals surface area contributed by atoms with E-state index in [9.17, 15) is 4.39 Å². The SMILES string of the molecule is COc1ccc(CNc2cc(CO[Si](C)(C)C(C)(C)C)c3cc(Br)c(F)cc3n2)cc1. The molecule has 1 aromatic heterocycles. The number of ether oxygens (including phenoxy) is 1. The Morgan fingerprint density at radius 3 is 2.39 bits per heavy atom. The zero-order valence-electron chi connectivity index (χ0n) is 19.0. The molecule has 4 nitrogen and oxygen atoms in total. The molecular formula is C24H30BrFN2O2Si. The lowest BCUT2D eigenvalue weighted by Crippen LogP contribution is -2.40. The third-order valence-corrected chi connectivity index (χ3v) is 11.0. The number of nitrogens with one attached hydrogen (secondary N) is 1. The molecule has 0 aliphatic rings. The molecule has 1 heterocycles. The molecule has 1 N–H and O–H groups in total. The monoisotopic (exact) mass is 504 g/mol. The molecule has 0 aliphatic heterocycles. The molecule has 2 aromatic carbocycles. The topological polar surface area (TPSA) is 43.4 Å². The number of aromatic nitrogens is 1. The predicted octanol–water partition coefficient (Wildman–Crippen LogP) is 7.28. The standard InChI is InChI=1S/C24H30BrFN2O2Si/c1-24(2,3)31(5,6)30-15-17-11-23(27-14-16-7-9-18(29-4)10-8-16)28-22-13-21(26)20(25)12-19(17)22/h7-13H,14-15H2,1-6H3,(H,27,28). The summed E-state index contributed by atoms with van der Waals surface area (Å²) in [6.45, 7) is 12.2. The smallest absolute Gasteiger partial charge is 0.192 e. The number of hydrogen-bond donors (Lipinski definition) is 1. The number of fused-ring (bicyclic) bond motifs is 1. The first kappa shape index (κ1) is 23.7. The Kier molecular flexibility index (Phi) is 7.08. The summed E-state index contributed by atoms with van der Waals surface area (Å²) in [6, 6.07) is 13.1. The van der Waals surface area contributed by atoms with E-state index in [0.29, 0.717) is 29.0 Å². The second-order valence-electron chi connectivity index (χ2n) is 9.20. The first-order valence-electron chi connectivity index (χ1n) is 10.3. The number of rotatable bonds is 7. The van der Waals surface area contributed by atoms with Crippen LogP contribution in [-0.4, -0.2) is 20.4 Å². The van der Waals surface area contributed by atoms with Crippen molar-refractivity contribution in [3.63, 3.8) is 0 Å². The van der Waals surface area contributed by atoms with Crippen molar-refractivity contribution >= 4 is 41.0 Å². The lowest BCUT2D eigenvalue weighted by molar-refractivity contribution is 0.277. The lowest BCUT2D eigenvalue weighted by atomic mass is 10.1. The van der Waals surface area contributed by atoms with Crippen LogP contribution in [0.5, 0.6) is 5.75 Å². The van der Waals surface area contributed by atoms with Gasteiger partial charge in [-0.3, -0.25) is 0 Å². The van der Waals surface area contributed by atoms with Crippen LogP contribution >= 0.6 is 15.9 Å². The van der Waals surface area contributed by atoms with Gasteiger partial charge in [0.2, 0.25) is 0 Å². The highest BCUT2D eigenvalue weighted by molar-refractivity contribution is 9.10. The lowest BCUT2D eigenvalue weighted by Gasteiger charge is -2.36. The number of hydrogen-bond acceptors (Lipinski definition) is 4. The first-order valence-corrected chi connectivity index (χ1v) is 14.0. The predicted molar refractivity (Wildman–Crippen MR) is 132 cm³/mol. The van der Waals surface area contributed by atoms with Crippen LogP contribution in [0.3, 0.4) is 0 Å². The van der Waals surface area contributed by atoms with Crippen molar-refractivity contribution in [2.24, 2.45) is 0 Å². The fourth-order valence-corrected chi connectivity index (χ4v) is 4.20. The summed E-state index contributed by atoms with van der Waals surface area (Å²) in [5.41, 5.74) is 2.70. The van der Waals surface area contributed by atoms with Gasteiger partial charge in [0.15, 0.2) is 8.32 Å². The summed E-state index contributed by atoms with van der Waals surface area (Å²) in [5.74, 6) is 1.18. The van der Waals surface area contributed by atoms with Gasteiger partial charge in [-0.1, -0.05) is 32.9 Å². The quantitative estimate of drug-likeness (QED) is 0.343. The Morgan fingerprint density at radius 2 is 1.77 bits per heavy atom. The van der Waals surface area contributed by atoms with E-state index < -0.39 is 8.32 Å². The third-order valence-electron chi connectivity index (χ3n) is 5.96. The maximum Gasteiger partial charge on any atom is 0.192 e. The van der Waals surface area contributed by atoms with Gasteiger partial charge in [0.1, 0.15) is 17.4 Å². The summed E-state index contributed by atoms with van der Waals surface area (Å²) in [5, 5.41) is 4.36. The van der Waals surface area contributed by atoms with Gasteiger partial charge in [-0.05, 0) is 69.5 Å². The van der Waals surface area contributed by atoms with Gasteiger partial charge in [0.25, 0.3) is 0 Å². The highest BCUT2D eigenvalue weighted by Crippen LogP contribution is 2.38. The van der Waals surface area contributed by atoms with Crippen LogP contribution in [0.1, 0.15) is 31.9 Å². The molecule has 0 fully saturated rings. The van der Waals surface area contributed by atoms with E-state index in [4.69, 9.17) is 9.16 Å². The number of nitrogens with zero attached hydrogens (tertiary/aromatic N) is 1. The minimum atomic E-state index is -1.94. The molecule has 166 valence electrons. The van der Waals surface area contributed by atoms with Crippen LogP contribution in [-0.2, 0) is 17.6 Å². The average Bonchev–Trinajstić information content (AvgIpc) is 2.71. The fourth-order valence-electron chi connectivity index (χ4n) is 2.91. The van der Waals surface area contributed by atoms with Gasteiger partial charge in [-0.25, -0.2) is 9.37 Å². The van der Waals surface area contributed by atoms with Gasteiger partial charge in [-0.2, -0.15) is 0 Å². The molecular weight excluding hydrogens is 475 g/mol. The van der Waals surface area contributed by atoms with Crippen LogP contribution in [0, 0.1) is 5.82 Å². The number of pyridine rings is 1. The van der Waals surface area contributed by atoms with Crippen LogP contribution in [0.4, 0.5) is 10.2 Å². The Hall–Kier alpha value is -1.96. The van der Waals surface area contributed by atoms with Crippen LogP contribution in [0.15, 0.2) is 46.9 Å². The zero-order chi connectivity index (χ0) is 22.8. The van der Waals surface area contributed by atoms with Gasteiger partial charge >= 0.3 is 0 Å². The van der Waals surface area contributed by atoms with Gasteiger partial charge < -0.3 is 14.5 Å². The molecule has 0 bridgehead atoms. The maximum absolute atomic E-state index is 14.2. The number of anilines is 1. The normalized spacial score (nSPS) is 12.3. The molecule has 3 aromatic rings. The van der Waals surface area contributed by atoms with Gasteiger partial charge in [0.05, 0.1) is 23.7 Å². The maximum atomic E-state index is 14.2. The highest BCUT2D eigenvalue weighted by atomic mass is 79.9. The van der Waals surface area contributed by atoms with Crippen molar-refractivity contribution < 1.29 is 13.6 Å². The van der Waals surface area contributed by atoms with E-state index in [1.54, 1.807) is 13.2 Å². The number of benzene rings is 2. The molecule has 7 heteroatoms. The molecule has 0 saturated heterocycles. The Balaban J connectivity index is 1.90. The fraction of sp³-hybridized carbons (Fsp3) is 0.375. The Morgan fingerprint density at radius 1 is 1.10 bits per heavy atom. The summed E-state index contributed by atoms with van der Waals surface area (Å²) >= 11 is 3.30. The largest absolute Gasteiger partial charge is 0.497 e.